The van der Waals surface area contributed by atoms with E-state index in [-0.39, 0.29) is 26.1 Å². The van der Waals surface area contributed by atoms with Gasteiger partial charge in [0.2, 0.25) is 0 Å². The Morgan fingerprint density at radius 1 is 1.03 bits per heavy atom. The predicted octanol–water partition coefficient (Wildman–Crippen LogP) is 2.23. The van der Waals surface area contributed by atoms with E-state index < -0.39 is 40.6 Å². The van der Waals surface area contributed by atoms with Crippen molar-refractivity contribution >= 4 is 12.1 Å². The van der Waals surface area contributed by atoms with Crippen molar-refractivity contribution in [1.29, 1.82) is 0 Å². The SMILES string of the molecule is CC(C)(C)OC(=O)N[C@@H](Cc1ccccc1)C(=O)OCCCC[C@H](CON(O)O)ON(O)O. The molecule has 0 spiro atoms. The van der Waals surface area contributed by atoms with E-state index in [2.05, 4.69) is 15.0 Å². The molecule has 0 aliphatic heterocycles. The topological polar surface area (TPSA) is 170 Å². The number of alkyl carbamates (subject to hydrolysis) is 1. The van der Waals surface area contributed by atoms with Crippen LogP contribution in [0.25, 0.3) is 0 Å². The second kappa shape index (κ2) is 14.7. The van der Waals surface area contributed by atoms with Crippen LogP contribution < -0.4 is 5.32 Å². The lowest BCUT2D eigenvalue weighted by Gasteiger charge is -2.23. The van der Waals surface area contributed by atoms with Gasteiger partial charge in [0.25, 0.3) is 0 Å². The monoisotopic (exact) mass is 475 g/mol. The number of hydrogen-bond acceptors (Lipinski definition) is 12. The first-order chi connectivity index (χ1) is 15.5. The molecule has 1 rings (SSSR count). The van der Waals surface area contributed by atoms with Gasteiger partial charge in [-0.1, -0.05) is 30.3 Å². The van der Waals surface area contributed by atoms with E-state index in [1.807, 2.05) is 30.3 Å². The Morgan fingerprint density at radius 2 is 1.70 bits per heavy atom. The van der Waals surface area contributed by atoms with Crippen molar-refractivity contribution in [2.24, 2.45) is 0 Å². The van der Waals surface area contributed by atoms with Gasteiger partial charge in [0, 0.05) is 6.42 Å². The van der Waals surface area contributed by atoms with Gasteiger partial charge in [0.05, 0.1) is 17.4 Å². The molecule has 0 saturated heterocycles. The van der Waals surface area contributed by atoms with E-state index in [0.717, 1.165) is 5.56 Å². The third-order valence-corrected chi connectivity index (χ3v) is 4.04. The summed E-state index contributed by atoms with van der Waals surface area (Å²) in [6.45, 7) is 4.78. The van der Waals surface area contributed by atoms with Gasteiger partial charge in [0.1, 0.15) is 24.4 Å². The van der Waals surface area contributed by atoms with Gasteiger partial charge < -0.3 is 14.8 Å². The van der Waals surface area contributed by atoms with Crippen molar-refractivity contribution in [2.75, 3.05) is 13.2 Å². The Hall–Kier alpha value is -2.36. The second-order valence-electron chi connectivity index (χ2n) is 8.08. The lowest BCUT2D eigenvalue weighted by molar-refractivity contribution is -0.527. The summed E-state index contributed by atoms with van der Waals surface area (Å²) in [6.07, 6.45) is -0.429. The Bertz CT molecular complexity index is 697. The Morgan fingerprint density at radius 3 is 2.27 bits per heavy atom. The van der Waals surface area contributed by atoms with Crippen molar-refractivity contribution in [2.45, 2.75) is 64.2 Å². The van der Waals surface area contributed by atoms with E-state index >= 15 is 0 Å². The van der Waals surface area contributed by atoms with Gasteiger partial charge in [0.15, 0.2) is 0 Å². The van der Waals surface area contributed by atoms with Gasteiger partial charge in [-0.05, 0) is 45.6 Å². The molecule has 188 valence electrons. The maximum absolute atomic E-state index is 12.6. The lowest BCUT2D eigenvalue weighted by atomic mass is 10.1. The summed E-state index contributed by atoms with van der Waals surface area (Å²) in [4.78, 5) is 33.8. The van der Waals surface area contributed by atoms with Crippen molar-refractivity contribution in [3.63, 3.8) is 0 Å². The largest absolute Gasteiger partial charge is 0.464 e. The predicted molar refractivity (Wildman–Crippen MR) is 110 cm³/mol. The number of carbonyl (C=O) groups excluding carboxylic acids is 2. The second-order valence-corrected chi connectivity index (χ2v) is 8.08. The number of nitrogens with one attached hydrogen (secondary N) is 1. The summed E-state index contributed by atoms with van der Waals surface area (Å²) in [5.41, 5.74) is 0.102. The molecule has 1 aromatic rings. The smallest absolute Gasteiger partial charge is 0.408 e. The Labute approximate surface area is 191 Å². The van der Waals surface area contributed by atoms with Gasteiger partial charge >= 0.3 is 12.1 Å². The summed E-state index contributed by atoms with van der Waals surface area (Å²) in [5.74, 6) is -0.631. The summed E-state index contributed by atoms with van der Waals surface area (Å²) in [5, 5.41) is 36.1. The molecular weight excluding hydrogens is 442 g/mol. The molecule has 13 heteroatoms. The van der Waals surface area contributed by atoms with Crippen molar-refractivity contribution in [3.05, 3.63) is 35.9 Å². The van der Waals surface area contributed by atoms with Crippen LogP contribution in [0.5, 0.6) is 0 Å². The van der Waals surface area contributed by atoms with Crippen LogP contribution in [0.15, 0.2) is 30.3 Å². The molecule has 33 heavy (non-hydrogen) atoms. The maximum Gasteiger partial charge on any atom is 0.408 e. The van der Waals surface area contributed by atoms with Crippen LogP contribution in [0.3, 0.4) is 0 Å². The summed E-state index contributed by atoms with van der Waals surface area (Å²) < 4.78 is 10.5. The number of unbranched alkanes of at least 4 members (excludes halogenated alkanes) is 1. The molecule has 13 nitrogen and oxygen atoms in total. The highest BCUT2D eigenvalue weighted by molar-refractivity contribution is 5.81. The molecule has 0 unspecified atom stereocenters. The minimum Gasteiger partial charge on any atom is -0.464 e. The van der Waals surface area contributed by atoms with Crippen LogP contribution >= 0.6 is 0 Å². The number of rotatable bonds is 14. The fourth-order valence-electron chi connectivity index (χ4n) is 2.69. The molecule has 5 N–H and O–H groups in total. The minimum absolute atomic E-state index is 0.0296. The number of carbonyl (C=O) groups is 2. The molecule has 0 bridgehead atoms. The standard InChI is InChI=1S/C20H33N3O10/c1-20(2,3)32-19(25)21-17(13-15-9-5-4-6-10-15)18(24)30-12-8-7-11-16(33-23(28)29)14-31-22(26)27/h4-6,9-10,16-17,26-29H,7-8,11-14H2,1-3H3,(H,21,25)/t16-,17+/m1/s1. The fourth-order valence-corrected chi connectivity index (χ4v) is 2.69. The van der Waals surface area contributed by atoms with Gasteiger partial charge in [-0.25, -0.2) is 19.3 Å². The average molecular weight is 475 g/mol. The molecule has 0 aromatic heterocycles. The fraction of sp³-hybridized carbons (Fsp3) is 0.600. The normalized spacial score (nSPS) is 13.6. The molecule has 0 fully saturated rings. The molecular formula is C20H33N3O10. The number of esters is 1. The number of hydrogen-bond donors (Lipinski definition) is 5. The first-order valence-corrected chi connectivity index (χ1v) is 10.3. The van der Waals surface area contributed by atoms with Crippen molar-refractivity contribution in [1.82, 2.24) is 16.1 Å². The first-order valence-electron chi connectivity index (χ1n) is 10.3. The summed E-state index contributed by atoms with van der Waals surface area (Å²) in [7, 11) is 0. The Kier molecular flexibility index (Phi) is 12.8. The number of ether oxygens (including phenoxy) is 2. The molecule has 1 aromatic carbocycles. The minimum atomic E-state index is -0.954. The highest BCUT2D eigenvalue weighted by Crippen LogP contribution is 2.11. The van der Waals surface area contributed by atoms with Gasteiger partial charge in [-0.15, -0.1) is 0 Å². The van der Waals surface area contributed by atoms with Gasteiger partial charge in [-0.3, -0.25) is 20.8 Å². The highest BCUT2D eigenvalue weighted by atomic mass is 17.1. The van der Waals surface area contributed by atoms with Crippen LogP contribution in [0.4, 0.5) is 4.79 Å². The summed E-state index contributed by atoms with van der Waals surface area (Å²) in [6, 6.07) is 8.17. The van der Waals surface area contributed by atoms with Crippen LogP contribution in [0, 0.1) is 0 Å². The van der Waals surface area contributed by atoms with E-state index in [9.17, 15) is 9.59 Å². The first kappa shape index (κ1) is 28.7. The van der Waals surface area contributed by atoms with Crippen LogP contribution in [0.2, 0.25) is 0 Å². The van der Waals surface area contributed by atoms with E-state index in [1.165, 1.54) is 0 Å². The number of nitrogens with zero attached hydrogens (tertiary/aromatic N) is 2. The van der Waals surface area contributed by atoms with Crippen LogP contribution in [0.1, 0.15) is 45.6 Å². The zero-order valence-electron chi connectivity index (χ0n) is 18.9. The van der Waals surface area contributed by atoms with E-state index in [4.69, 9.17) is 30.3 Å². The third-order valence-electron chi connectivity index (χ3n) is 4.04. The molecule has 0 aliphatic carbocycles. The van der Waals surface area contributed by atoms with Crippen molar-refractivity contribution in [3.8, 4) is 0 Å². The van der Waals surface area contributed by atoms with E-state index in [1.54, 1.807) is 20.8 Å². The van der Waals surface area contributed by atoms with E-state index in [0.29, 0.717) is 12.8 Å². The zero-order chi connectivity index (χ0) is 24.9. The van der Waals surface area contributed by atoms with Gasteiger partial charge in [-0.2, -0.15) is 0 Å². The molecule has 0 heterocycles. The summed E-state index contributed by atoms with van der Waals surface area (Å²) >= 11 is 0. The van der Waals surface area contributed by atoms with Crippen LogP contribution in [-0.2, 0) is 30.4 Å². The molecule has 0 saturated carbocycles. The molecule has 0 aliphatic rings. The highest BCUT2D eigenvalue weighted by Gasteiger charge is 2.26. The molecule has 2 atom stereocenters. The quantitative estimate of drug-likeness (QED) is 0.151. The number of benzene rings is 1. The lowest BCUT2D eigenvalue weighted by Crippen LogP contribution is -2.45. The molecule has 0 radical (unpaired) electrons. The maximum atomic E-state index is 12.6. The third kappa shape index (κ3) is 14.4. The zero-order valence-corrected chi connectivity index (χ0v) is 18.9. The van der Waals surface area contributed by atoms with Crippen LogP contribution in [-0.4, -0.2) is 74.6 Å². The molecule has 1 amide bonds. The Balaban J connectivity index is 2.55. The van der Waals surface area contributed by atoms with Crippen molar-refractivity contribution < 1.29 is 49.6 Å². The average Bonchev–Trinajstić information content (AvgIpc) is 2.69. The number of amides is 1.